The summed E-state index contributed by atoms with van der Waals surface area (Å²) in [4.78, 5) is 11.9. The average molecular weight is 438 g/mol. The van der Waals surface area contributed by atoms with Crippen LogP contribution in [0.2, 0.25) is 0 Å². The maximum atomic E-state index is 5.58. The number of rotatable bonds is 5. The third kappa shape index (κ3) is 4.03. The first-order valence-electron chi connectivity index (χ1n) is 10.2. The maximum absolute atomic E-state index is 5.58. The van der Waals surface area contributed by atoms with Crippen LogP contribution in [0.3, 0.4) is 0 Å². The number of nitrogens with zero attached hydrogens (tertiary/aromatic N) is 4. The molecule has 1 aliphatic rings. The van der Waals surface area contributed by atoms with E-state index in [4.69, 9.17) is 21.6 Å². The topological polar surface area (TPSA) is 62.9 Å². The zero-order chi connectivity index (χ0) is 20.5. The van der Waals surface area contributed by atoms with Crippen LogP contribution in [0.1, 0.15) is 47.7 Å². The summed E-state index contributed by atoms with van der Waals surface area (Å²) >= 11 is 7.31. The van der Waals surface area contributed by atoms with Gasteiger partial charge in [0.05, 0.1) is 22.9 Å². The molecule has 1 aromatic carbocycles. The van der Waals surface area contributed by atoms with Crippen LogP contribution in [0.4, 0.5) is 0 Å². The molecule has 1 fully saturated rings. The molecule has 1 N–H and O–H groups in total. The van der Waals surface area contributed by atoms with E-state index < -0.39 is 0 Å². The molecule has 1 atom stereocenters. The number of aromatic amines is 1. The molecule has 0 saturated carbocycles. The highest BCUT2D eigenvalue weighted by Gasteiger charge is 2.27. The Hall–Kier alpha value is -2.55. The Kier molecular flexibility index (Phi) is 5.37. The first-order chi connectivity index (χ1) is 14.7. The summed E-state index contributed by atoms with van der Waals surface area (Å²) in [6.07, 6.45) is 7.32. The molecule has 4 heterocycles. The van der Waals surface area contributed by atoms with Crippen molar-refractivity contribution in [3.05, 3.63) is 63.5 Å². The number of hydrogen-bond donors (Lipinski definition) is 1. The smallest absolute Gasteiger partial charge is 0.217 e. The molecule has 1 saturated heterocycles. The third-order valence-corrected chi connectivity index (χ3v) is 6.84. The molecule has 3 aromatic heterocycles. The second kappa shape index (κ2) is 8.29. The van der Waals surface area contributed by atoms with E-state index in [0.717, 1.165) is 35.8 Å². The third-order valence-electron chi connectivity index (χ3n) is 5.40. The largest absolute Gasteiger partial charge is 0.462 e. The van der Waals surface area contributed by atoms with Crippen LogP contribution in [0.5, 0.6) is 0 Å². The lowest BCUT2D eigenvalue weighted by Crippen LogP contribution is -2.35. The van der Waals surface area contributed by atoms with Gasteiger partial charge in [-0.25, -0.2) is 9.67 Å². The van der Waals surface area contributed by atoms with Gasteiger partial charge < -0.3 is 4.42 Å². The van der Waals surface area contributed by atoms with Gasteiger partial charge in [0.1, 0.15) is 22.4 Å². The van der Waals surface area contributed by atoms with E-state index in [9.17, 15) is 0 Å². The second-order valence-corrected chi connectivity index (χ2v) is 9.01. The Morgan fingerprint density at radius 3 is 2.93 bits per heavy atom. The van der Waals surface area contributed by atoms with Gasteiger partial charge in [0, 0.05) is 6.54 Å². The number of H-pyrrole nitrogens is 1. The number of hydrogen-bond acceptors (Lipinski definition) is 6. The Balaban J connectivity index is 1.36. The number of nitrogens with one attached hydrogen (secondary N) is 1. The number of fused-ring (bicyclic) bond motifs is 1. The second-order valence-electron chi connectivity index (χ2n) is 7.59. The van der Waals surface area contributed by atoms with Gasteiger partial charge in [-0.2, -0.15) is 4.98 Å². The number of benzene rings is 1. The SMILES string of the molecule is Cc1ccc(/C=C/c2nc(=S)n(CN3CCCCC3c3nc4ccccc4s3)[nH]2)o1. The molecule has 0 spiro atoms. The van der Waals surface area contributed by atoms with Crippen molar-refractivity contribution in [2.45, 2.75) is 38.9 Å². The summed E-state index contributed by atoms with van der Waals surface area (Å²) in [6, 6.07) is 12.6. The molecule has 5 rings (SSSR count). The number of likely N-dealkylation sites (tertiary alicyclic amines) is 1. The van der Waals surface area contributed by atoms with Crippen LogP contribution in [-0.2, 0) is 6.67 Å². The maximum Gasteiger partial charge on any atom is 0.217 e. The Bertz CT molecular complexity index is 1210. The summed E-state index contributed by atoms with van der Waals surface area (Å²) in [7, 11) is 0. The van der Waals surface area contributed by atoms with Gasteiger partial charge in [-0.1, -0.05) is 18.6 Å². The van der Waals surface area contributed by atoms with Crippen LogP contribution in [0.25, 0.3) is 22.4 Å². The van der Waals surface area contributed by atoms with Crippen LogP contribution < -0.4 is 0 Å². The fourth-order valence-corrected chi connectivity index (χ4v) is 5.24. The molecule has 6 nitrogen and oxygen atoms in total. The number of aromatic nitrogens is 4. The van der Waals surface area contributed by atoms with Gasteiger partial charge in [0.25, 0.3) is 0 Å². The molecule has 0 bridgehead atoms. The van der Waals surface area contributed by atoms with Crippen molar-refractivity contribution >= 4 is 45.9 Å². The fourth-order valence-electron chi connectivity index (χ4n) is 3.90. The molecule has 8 heteroatoms. The minimum atomic E-state index is 0.312. The zero-order valence-corrected chi connectivity index (χ0v) is 18.4. The molecular formula is C22H23N5OS2. The van der Waals surface area contributed by atoms with Crippen molar-refractivity contribution < 1.29 is 4.42 Å². The van der Waals surface area contributed by atoms with Gasteiger partial charge in [0.15, 0.2) is 0 Å². The van der Waals surface area contributed by atoms with Gasteiger partial charge in [-0.05, 0) is 68.4 Å². The Labute approximate surface area is 183 Å². The normalized spacial score (nSPS) is 18.0. The number of furan rings is 1. The van der Waals surface area contributed by atoms with Crippen molar-refractivity contribution in [3.63, 3.8) is 0 Å². The highest BCUT2D eigenvalue weighted by Crippen LogP contribution is 2.35. The first kappa shape index (κ1) is 19.4. The summed E-state index contributed by atoms with van der Waals surface area (Å²) in [5.74, 6) is 2.41. The van der Waals surface area contributed by atoms with E-state index in [1.807, 2.05) is 42.0 Å². The molecular weight excluding hydrogens is 414 g/mol. The van der Waals surface area contributed by atoms with Crippen molar-refractivity contribution in [1.29, 1.82) is 0 Å². The predicted octanol–water partition coefficient (Wildman–Crippen LogP) is 5.81. The van der Waals surface area contributed by atoms with E-state index in [2.05, 4.69) is 33.2 Å². The molecule has 4 aromatic rings. The number of para-hydroxylation sites is 1. The van der Waals surface area contributed by atoms with Gasteiger partial charge in [0.2, 0.25) is 4.77 Å². The lowest BCUT2D eigenvalue weighted by atomic mass is 10.0. The van der Waals surface area contributed by atoms with Crippen molar-refractivity contribution in [1.82, 2.24) is 24.6 Å². The summed E-state index contributed by atoms with van der Waals surface area (Å²) in [5.41, 5.74) is 1.08. The van der Waals surface area contributed by atoms with Crippen LogP contribution >= 0.6 is 23.6 Å². The van der Waals surface area contributed by atoms with E-state index in [1.54, 1.807) is 11.3 Å². The van der Waals surface area contributed by atoms with Crippen molar-refractivity contribution in [2.75, 3.05) is 6.54 Å². The molecule has 154 valence electrons. The fraction of sp³-hybridized carbons (Fsp3) is 0.318. The highest BCUT2D eigenvalue weighted by molar-refractivity contribution is 7.71. The minimum Gasteiger partial charge on any atom is -0.462 e. The zero-order valence-electron chi connectivity index (χ0n) is 16.7. The molecule has 30 heavy (non-hydrogen) atoms. The highest BCUT2D eigenvalue weighted by atomic mass is 32.1. The summed E-state index contributed by atoms with van der Waals surface area (Å²) < 4.78 is 9.32. The summed E-state index contributed by atoms with van der Waals surface area (Å²) in [6.45, 7) is 3.64. The van der Waals surface area contributed by atoms with Crippen molar-refractivity contribution in [3.8, 4) is 0 Å². The van der Waals surface area contributed by atoms with E-state index in [1.165, 1.54) is 22.5 Å². The average Bonchev–Trinajstić information content (AvgIpc) is 3.45. The standard InChI is InChI=1S/C22H23N5OS2/c1-15-9-10-16(28-15)11-12-20-24-22(29)27(25-20)14-26-13-5-4-7-18(26)21-23-17-6-2-3-8-19(17)30-21/h2-3,6,8-12,18H,4-5,7,13-14H2,1H3,(H,24,25,29)/b12-11+. The minimum absolute atomic E-state index is 0.312. The van der Waals surface area contributed by atoms with Crippen molar-refractivity contribution in [2.24, 2.45) is 0 Å². The van der Waals surface area contributed by atoms with E-state index in [0.29, 0.717) is 17.5 Å². The molecule has 1 aliphatic heterocycles. The summed E-state index contributed by atoms with van der Waals surface area (Å²) in [5, 5.41) is 4.51. The molecule has 1 unspecified atom stereocenters. The predicted molar refractivity (Wildman–Crippen MR) is 123 cm³/mol. The first-order valence-corrected chi connectivity index (χ1v) is 11.4. The quantitative estimate of drug-likeness (QED) is 0.399. The number of thiazole rings is 1. The van der Waals surface area contributed by atoms with Crippen LogP contribution in [0, 0.1) is 11.7 Å². The van der Waals surface area contributed by atoms with Crippen LogP contribution in [-0.4, -0.2) is 31.2 Å². The lowest BCUT2D eigenvalue weighted by Gasteiger charge is -2.34. The van der Waals surface area contributed by atoms with Gasteiger partial charge in [-0.15, -0.1) is 11.3 Å². The Morgan fingerprint density at radius 2 is 2.10 bits per heavy atom. The molecule has 0 aliphatic carbocycles. The van der Waals surface area contributed by atoms with E-state index >= 15 is 0 Å². The monoisotopic (exact) mass is 437 g/mol. The lowest BCUT2D eigenvalue weighted by molar-refractivity contribution is 0.103. The van der Waals surface area contributed by atoms with Gasteiger partial charge >= 0.3 is 0 Å². The van der Waals surface area contributed by atoms with Crippen LogP contribution in [0.15, 0.2) is 40.8 Å². The Morgan fingerprint density at radius 1 is 1.20 bits per heavy atom. The van der Waals surface area contributed by atoms with E-state index in [-0.39, 0.29) is 0 Å². The number of aryl methyl sites for hydroxylation is 1. The van der Waals surface area contributed by atoms with Gasteiger partial charge in [-0.3, -0.25) is 10.00 Å². The molecule has 0 radical (unpaired) electrons. The molecule has 0 amide bonds. The number of piperidine rings is 1.